The summed E-state index contributed by atoms with van der Waals surface area (Å²) in [4.78, 5) is 2.28. The third kappa shape index (κ3) is 3.00. The van der Waals surface area contributed by atoms with Crippen LogP contribution in [-0.2, 0) is 5.41 Å². The smallest absolute Gasteiger partial charge is 0.0863 e. The topological polar surface area (TPSA) is 27.0 Å². The summed E-state index contributed by atoms with van der Waals surface area (Å²) in [6.07, 6.45) is 0.861. The minimum absolute atomic E-state index is 0.272. The van der Waals surface area contributed by atoms with E-state index in [1.54, 1.807) is 0 Å². The van der Waals surface area contributed by atoms with Gasteiger partial charge in [-0.05, 0) is 48.8 Å². The fourth-order valence-corrected chi connectivity index (χ4v) is 3.12. The number of hydrogen-bond donors (Lipinski definition) is 0. The normalized spacial score (nSPS) is 14.2. The molecule has 0 radical (unpaired) electrons. The molecule has 0 N–H and O–H groups in total. The molecule has 2 aromatic rings. The van der Waals surface area contributed by atoms with Gasteiger partial charge in [0.2, 0.25) is 0 Å². The van der Waals surface area contributed by atoms with Crippen LogP contribution >= 0.6 is 0 Å². The Morgan fingerprint density at radius 2 is 1.82 bits per heavy atom. The molecule has 0 amide bonds. The number of nitrogens with zero attached hydrogens (tertiary/aromatic N) is 2. The molecule has 0 aromatic heterocycles. The zero-order valence-corrected chi connectivity index (χ0v) is 14.1. The van der Waals surface area contributed by atoms with Gasteiger partial charge in [0.15, 0.2) is 0 Å². The summed E-state index contributed by atoms with van der Waals surface area (Å²) in [6.45, 7) is 8.43. The molecule has 0 saturated heterocycles. The zero-order valence-electron chi connectivity index (χ0n) is 14.1. The molecule has 2 nitrogen and oxygen atoms in total. The van der Waals surface area contributed by atoms with Gasteiger partial charge in [-0.1, -0.05) is 63.2 Å². The van der Waals surface area contributed by atoms with Crippen molar-refractivity contribution in [3.05, 3.63) is 48.0 Å². The van der Waals surface area contributed by atoms with Crippen LogP contribution in [0.15, 0.2) is 42.5 Å². The van der Waals surface area contributed by atoms with Crippen LogP contribution in [0.1, 0.15) is 32.8 Å². The highest BCUT2D eigenvalue weighted by atomic mass is 15.1. The van der Waals surface area contributed by atoms with Crippen molar-refractivity contribution in [2.75, 3.05) is 20.1 Å². The molecule has 2 heteroatoms. The Labute approximate surface area is 134 Å². The van der Waals surface area contributed by atoms with E-state index in [1.807, 2.05) is 0 Å². The van der Waals surface area contributed by atoms with Crippen molar-refractivity contribution in [3.63, 3.8) is 0 Å². The van der Waals surface area contributed by atoms with E-state index in [9.17, 15) is 5.26 Å². The van der Waals surface area contributed by atoms with Crippen molar-refractivity contribution in [3.8, 4) is 6.07 Å². The first kappa shape index (κ1) is 16.5. The number of rotatable bonds is 6. The molecule has 0 bridgehead atoms. The standard InChI is InChI=1S/C20H26N2/c1-5-22(4)14-13-20(15-21,16(2)3)19-12-8-10-17-9-6-7-11-18(17)19/h6-12,16H,5,13-14H2,1-4H3. The highest BCUT2D eigenvalue weighted by molar-refractivity contribution is 5.87. The van der Waals surface area contributed by atoms with Gasteiger partial charge in [0, 0.05) is 0 Å². The average Bonchev–Trinajstić information content (AvgIpc) is 2.55. The molecule has 116 valence electrons. The lowest BCUT2D eigenvalue weighted by Crippen LogP contribution is -2.35. The second-order valence-electron chi connectivity index (χ2n) is 6.41. The zero-order chi connectivity index (χ0) is 16.2. The Bertz CT molecular complexity index is 663. The van der Waals surface area contributed by atoms with Crippen LogP contribution in [-0.4, -0.2) is 25.0 Å². The fourth-order valence-electron chi connectivity index (χ4n) is 3.12. The van der Waals surface area contributed by atoms with E-state index in [-0.39, 0.29) is 5.92 Å². The highest BCUT2D eigenvalue weighted by Crippen LogP contribution is 2.39. The van der Waals surface area contributed by atoms with E-state index in [4.69, 9.17) is 0 Å². The molecule has 2 aromatic carbocycles. The van der Waals surface area contributed by atoms with Crippen LogP contribution in [0.4, 0.5) is 0 Å². The van der Waals surface area contributed by atoms with Gasteiger partial charge < -0.3 is 4.90 Å². The van der Waals surface area contributed by atoms with Crippen molar-refractivity contribution in [1.29, 1.82) is 5.26 Å². The van der Waals surface area contributed by atoms with Gasteiger partial charge >= 0.3 is 0 Å². The summed E-state index contributed by atoms with van der Waals surface area (Å²) in [6, 6.07) is 17.4. The summed E-state index contributed by atoms with van der Waals surface area (Å²) < 4.78 is 0. The Kier molecular flexibility index (Phi) is 5.21. The van der Waals surface area contributed by atoms with Crippen LogP contribution in [0, 0.1) is 17.2 Å². The lowest BCUT2D eigenvalue weighted by Gasteiger charge is -2.34. The van der Waals surface area contributed by atoms with Crippen molar-refractivity contribution in [2.24, 2.45) is 5.92 Å². The molecule has 0 fully saturated rings. The monoisotopic (exact) mass is 294 g/mol. The van der Waals surface area contributed by atoms with Crippen molar-refractivity contribution < 1.29 is 0 Å². The minimum Gasteiger partial charge on any atom is -0.307 e. The van der Waals surface area contributed by atoms with Crippen LogP contribution in [0.5, 0.6) is 0 Å². The first-order chi connectivity index (χ1) is 10.5. The Morgan fingerprint density at radius 1 is 1.14 bits per heavy atom. The molecule has 0 saturated carbocycles. The third-order valence-electron chi connectivity index (χ3n) is 4.88. The second-order valence-corrected chi connectivity index (χ2v) is 6.41. The molecule has 0 heterocycles. The second kappa shape index (κ2) is 6.94. The summed E-state index contributed by atoms with van der Waals surface area (Å²) in [5.74, 6) is 0.272. The van der Waals surface area contributed by atoms with Crippen molar-refractivity contribution >= 4 is 10.8 Å². The lowest BCUT2D eigenvalue weighted by atomic mass is 9.69. The molecule has 0 aliphatic rings. The number of fused-ring (bicyclic) bond motifs is 1. The molecule has 22 heavy (non-hydrogen) atoms. The Hall–Kier alpha value is -1.85. The van der Waals surface area contributed by atoms with Crippen molar-refractivity contribution in [1.82, 2.24) is 4.90 Å². The summed E-state index contributed by atoms with van der Waals surface area (Å²) >= 11 is 0. The van der Waals surface area contributed by atoms with E-state index < -0.39 is 5.41 Å². The van der Waals surface area contributed by atoms with Gasteiger partial charge in [0.25, 0.3) is 0 Å². The first-order valence-corrected chi connectivity index (χ1v) is 8.13. The molecular weight excluding hydrogens is 268 g/mol. The van der Waals surface area contributed by atoms with E-state index in [2.05, 4.69) is 81.3 Å². The SMILES string of the molecule is CCN(C)CCC(C#N)(c1cccc2ccccc12)C(C)C. The van der Waals surface area contributed by atoms with Crippen LogP contribution in [0.2, 0.25) is 0 Å². The molecule has 0 spiro atoms. The Balaban J connectivity index is 2.55. The van der Waals surface area contributed by atoms with Gasteiger partial charge in [0.1, 0.15) is 0 Å². The molecular formula is C20H26N2. The third-order valence-corrected chi connectivity index (χ3v) is 4.88. The van der Waals surface area contributed by atoms with Crippen molar-refractivity contribution in [2.45, 2.75) is 32.6 Å². The molecule has 0 aliphatic heterocycles. The largest absolute Gasteiger partial charge is 0.307 e. The summed E-state index contributed by atoms with van der Waals surface area (Å²) in [7, 11) is 2.12. The van der Waals surface area contributed by atoms with Crippen LogP contribution in [0.25, 0.3) is 10.8 Å². The maximum Gasteiger partial charge on any atom is 0.0863 e. The average molecular weight is 294 g/mol. The summed E-state index contributed by atoms with van der Waals surface area (Å²) in [5.41, 5.74) is 0.734. The van der Waals surface area contributed by atoms with Gasteiger partial charge in [-0.25, -0.2) is 0 Å². The number of benzene rings is 2. The Morgan fingerprint density at radius 3 is 2.45 bits per heavy atom. The minimum atomic E-state index is -0.440. The van der Waals surface area contributed by atoms with Gasteiger partial charge in [-0.2, -0.15) is 5.26 Å². The predicted octanol–water partition coefficient (Wildman–Crippen LogP) is 4.60. The van der Waals surface area contributed by atoms with Gasteiger partial charge in [0.05, 0.1) is 11.5 Å². The molecule has 0 aliphatic carbocycles. The number of nitriles is 1. The highest BCUT2D eigenvalue weighted by Gasteiger charge is 2.37. The van der Waals surface area contributed by atoms with Crippen LogP contribution in [0.3, 0.4) is 0 Å². The van der Waals surface area contributed by atoms with E-state index in [1.165, 1.54) is 16.3 Å². The quantitative estimate of drug-likeness (QED) is 0.778. The van der Waals surface area contributed by atoms with Crippen LogP contribution < -0.4 is 0 Å². The predicted molar refractivity (Wildman–Crippen MR) is 93.9 cm³/mol. The molecule has 1 unspecified atom stereocenters. The summed E-state index contributed by atoms with van der Waals surface area (Å²) in [5, 5.41) is 12.5. The van der Waals surface area contributed by atoms with E-state index in [0.29, 0.717) is 0 Å². The van der Waals surface area contributed by atoms with Gasteiger partial charge in [-0.15, -0.1) is 0 Å². The van der Waals surface area contributed by atoms with Gasteiger partial charge in [-0.3, -0.25) is 0 Å². The maximum atomic E-state index is 10.1. The number of hydrogen-bond acceptors (Lipinski definition) is 2. The van der Waals surface area contributed by atoms with E-state index in [0.717, 1.165) is 19.5 Å². The first-order valence-electron chi connectivity index (χ1n) is 8.13. The molecule has 2 rings (SSSR count). The molecule has 1 atom stereocenters. The lowest BCUT2D eigenvalue weighted by molar-refractivity contribution is 0.281. The maximum absolute atomic E-state index is 10.1. The van der Waals surface area contributed by atoms with E-state index >= 15 is 0 Å². The fraction of sp³-hybridized carbons (Fsp3) is 0.450.